The summed E-state index contributed by atoms with van der Waals surface area (Å²) in [5.41, 5.74) is 6.69. The van der Waals surface area contributed by atoms with Gasteiger partial charge >= 0.3 is 0 Å². The van der Waals surface area contributed by atoms with Crippen molar-refractivity contribution in [3.63, 3.8) is 0 Å². The summed E-state index contributed by atoms with van der Waals surface area (Å²) in [4.78, 5) is 0. The molecule has 0 fully saturated rings. The van der Waals surface area contributed by atoms with Crippen molar-refractivity contribution in [1.29, 1.82) is 0 Å². The van der Waals surface area contributed by atoms with Gasteiger partial charge in [-0.2, -0.15) is 0 Å². The Hall–Kier alpha value is -2.46. The molecule has 0 heterocycles. The Balaban J connectivity index is 1.97. The third-order valence-corrected chi connectivity index (χ3v) is 10.2. The van der Waals surface area contributed by atoms with Crippen LogP contribution in [-0.4, -0.2) is 35.1 Å². The number of rotatable bonds is 14. The molecular formula is C37H52O3. The van der Waals surface area contributed by atoms with Gasteiger partial charge in [-0.25, -0.2) is 0 Å². The Labute approximate surface area is 243 Å². The summed E-state index contributed by atoms with van der Waals surface area (Å²) >= 11 is 0. The number of benzene rings is 3. The number of aliphatic hydroxyl groups excluding tert-OH is 3. The maximum Gasteiger partial charge on any atom is 0.0525 e. The standard InChI is InChI=1S/C37H52O3/c1-8-35(5,24-38)31-17-11-28(12-18-31)27(4)23-34(29-13-19-32(20-14-29)36(6,9-2)25-39)30-15-21-33(22-16-30)37(7,10-3)26-40/h11-22,27,34,38-40H,8-10,23-26H2,1-7H3. The molecule has 0 saturated carbocycles. The second-order valence-corrected chi connectivity index (χ2v) is 12.8. The molecule has 0 saturated heterocycles. The SMILES string of the molecule is CCC(C)(CO)c1ccc(C(C)CC(c2ccc(C(C)(CC)CO)cc2)c2ccc(C(C)(CC)CO)cc2)cc1. The van der Waals surface area contributed by atoms with E-state index in [1.165, 1.54) is 33.4 Å². The summed E-state index contributed by atoms with van der Waals surface area (Å²) in [6.45, 7) is 15.5. The average molecular weight is 545 g/mol. The van der Waals surface area contributed by atoms with Crippen LogP contribution in [0.3, 0.4) is 0 Å². The molecule has 0 amide bonds. The van der Waals surface area contributed by atoms with Crippen molar-refractivity contribution < 1.29 is 15.3 Å². The zero-order chi connectivity index (χ0) is 29.6. The molecule has 3 aromatic rings. The van der Waals surface area contributed by atoms with E-state index in [9.17, 15) is 15.3 Å². The highest BCUT2D eigenvalue weighted by atomic mass is 16.3. The van der Waals surface area contributed by atoms with Gasteiger partial charge in [0.15, 0.2) is 0 Å². The van der Waals surface area contributed by atoms with Crippen molar-refractivity contribution in [3.8, 4) is 0 Å². The lowest BCUT2D eigenvalue weighted by atomic mass is 9.76. The molecule has 0 aromatic heterocycles. The fraction of sp³-hybridized carbons (Fsp3) is 0.514. The maximum atomic E-state index is 10.0. The van der Waals surface area contributed by atoms with Gasteiger partial charge < -0.3 is 15.3 Å². The number of hydrogen-bond donors (Lipinski definition) is 3. The van der Waals surface area contributed by atoms with E-state index in [2.05, 4.69) is 121 Å². The van der Waals surface area contributed by atoms with E-state index in [0.717, 1.165) is 25.7 Å². The zero-order valence-electron chi connectivity index (χ0n) is 25.9. The number of aliphatic hydroxyl groups is 3. The van der Waals surface area contributed by atoms with Crippen LogP contribution in [0.25, 0.3) is 0 Å². The number of hydrogen-bond acceptors (Lipinski definition) is 3. The molecule has 3 aromatic carbocycles. The molecule has 218 valence electrons. The van der Waals surface area contributed by atoms with E-state index in [0.29, 0.717) is 5.92 Å². The minimum atomic E-state index is -0.235. The van der Waals surface area contributed by atoms with E-state index in [4.69, 9.17) is 0 Å². The average Bonchev–Trinajstić information content (AvgIpc) is 3.02. The van der Waals surface area contributed by atoms with Gasteiger partial charge in [0.2, 0.25) is 0 Å². The van der Waals surface area contributed by atoms with Gasteiger partial charge in [0.05, 0.1) is 19.8 Å². The van der Waals surface area contributed by atoms with Crippen molar-refractivity contribution in [2.45, 2.75) is 102 Å². The predicted octanol–water partition coefficient (Wildman–Crippen LogP) is 7.99. The van der Waals surface area contributed by atoms with Gasteiger partial charge in [-0.3, -0.25) is 0 Å². The van der Waals surface area contributed by atoms with Crippen molar-refractivity contribution in [2.75, 3.05) is 19.8 Å². The van der Waals surface area contributed by atoms with Gasteiger partial charge in [-0.05, 0) is 65.0 Å². The third kappa shape index (κ3) is 6.70. The van der Waals surface area contributed by atoms with Gasteiger partial charge in [0.1, 0.15) is 0 Å². The Morgan fingerprint density at radius 1 is 0.500 bits per heavy atom. The van der Waals surface area contributed by atoms with Crippen LogP contribution >= 0.6 is 0 Å². The first kappa shape index (κ1) is 32.1. The van der Waals surface area contributed by atoms with E-state index in [1.807, 2.05) is 0 Å². The second-order valence-electron chi connectivity index (χ2n) is 12.8. The predicted molar refractivity (Wildman–Crippen MR) is 168 cm³/mol. The van der Waals surface area contributed by atoms with Crippen LogP contribution in [0.2, 0.25) is 0 Å². The normalized spacial score (nSPS) is 17.9. The molecule has 3 rings (SSSR count). The molecule has 0 aliphatic rings. The second kappa shape index (κ2) is 13.5. The first-order valence-corrected chi connectivity index (χ1v) is 15.2. The highest BCUT2D eigenvalue weighted by molar-refractivity contribution is 5.40. The van der Waals surface area contributed by atoms with Crippen molar-refractivity contribution >= 4 is 0 Å². The first-order valence-electron chi connectivity index (χ1n) is 15.2. The quantitative estimate of drug-likeness (QED) is 0.193. The summed E-state index contributed by atoms with van der Waals surface area (Å²) in [7, 11) is 0. The van der Waals surface area contributed by atoms with Crippen molar-refractivity contribution in [1.82, 2.24) is 0 Å². The molecular weight excluding hydrogens is 492 g/mol. The summed E-state index contributed by atoms with van der Waals surface area (Å²) < 4.78 is 0. The van der Waals surface area contributed by atoms with Crippen LogP contribution in [-0.2, 0) is 16.2 Å². The summed E-state index contributed by atoms with van der Waals surface area (Å²) in [5.74, 6) is 0.539. The van der Waals surface area contributed by atoms with Gasteiger partial charge in [-0.1, -0.05) is 121 Å². The fourth-order valence-corrected chi connectivity index (χ4v) is 5.63. The maximum absolute atomic E-state index is 10.0. The Morgan fingerprint density at radius 3 is 1.02 bits per heavy atom. The van der Waals surface area contributed by atoms with Crippen molar-refractivity contribution in [3.05, 3.63) is 106 Å². The van der Waals surface area contributed by atoms with Crippen LogP contribution in [0.5, 0.6) is 0 Å². The Morgan fingerprint density at radius 2 is 0.775 bits per heavy atom. The Bertz CT molecular complexity index is 1100. The van der Waals surface area contributed by atoms with E-state index in [1.54, 1.807) is 0 Å². The molecule has 0 radical (unpaired) electrons. The molecule has 0 bridgehead atoms. The van der Waals surface area contributed by atoms with Crippen LogP contribution in [0.1, 0.15) is 119 Å². The van der Waals surface area contributed by atoms with Crippen molar-refractivity contribution in [2.24, 2.45) is 0 Å². The third-order valence-electron chi connectivity index (χ3n) is 10.2. The summed E-state index contributed by atoms with van der Waals surface area (Å²) in [6.07, 6.45) is 3.62. The molecule has 40 heavy (non-hydrogen) atoms. The highest BCUT2D eigenvalue weighted by Crippen LogP contribution is 2.38. The van der Waals surface area contributed by atoms with Gasteiger partial charge in [-0.15, -0.1) is 0 Å². The smallest absolute Gasteiger partial charge is 0.0525 e. The van der Waals surface area contributed by atoms with Crippen LogP contribution in [0, 0.1) is 0 Å². The largest absolute Gasteiger partial charge is 0.395 e. The molecule has 3 N–H and O–H groups in total. The molecule has 0 spiro atoms. The summed E-state index contributed by atoms with van der Waals surface area (Å²) in [6, 6.07) is 26.6. The van der Waals surface area contributed by atoms with E-state index in [-0.39, 0.29) is 42.0 Å². The highest BCUT2D eigenvalue weighted by Gasteiger charge is 2.27. The minimum Gasteiger partial charge on any atom is -0.395 e. The van der Waals surface area contributed by atoms with Gasteiger partial charge in [0.25, 0.3) is 0 Å². The lowest BCUT2D eigenvalue weighted by Gasteiger charge is -2.29. The van der Waals surface area contributed by atoms with E-state index >= 15 is 0 Å². The lowest BCUT2D eigenvalue weighted by molar-refractivity contribution is 0.201. The van der Waals surface area contributed by atoms with Crippen LogP contribution in [0.4, 0.5) is 0 Å². The molecule has 0 aliphatic heterocycles. The fourth-order valence-electron chi connectivity index (χ4n) is 5.63. The molecule has 4 atom stereocenters. The van der Waals surface area contributed by atoms with Crippen LogP contribution in [0.15, 0.2) is 72.8 Å². The Kier molecular flexibility index (Phi) is 10.8. The lowest BCUT2D eigenvalue weighted by Crippen LogP contribution is -2.25. The van der Waals surface area contributed by atoms with Gasteiger partial charge in [0, 0.05) is 22.2 Å². The monoisotopic (exact) mass is 544 g/mol. The zero-order valence-corrected chi connectivity index (χ0v) is 25.9. The molecule has 3 nitrogen and oxygen atoms in total. The topological polar surface area (TPSA) is 60.7 Å². The van der Waals surface area contributed by atoms with E-state index < -0.39 is 0 Å². The minimum absolute atomic E-state index is 0.134. The van der Waals surface area contributed by atoms with Crippen LogP contribution < -0.4 is 0 Å². The molecule has 4 unspecified atom stereocenters. The molecule has 3 heteroatoms. The first-order chi connectivity index (χ1) is 19.0. The summed E-state index contributed by atoms with van der Waals surface area (Å²) in [5, 5.41) is 30.0. The molecule has 0 aliphatic carbocycles.